The lowest BCUT2D eigenvalue weighted by atomic mass is 10.0. The zero-order valence-electron chi connectivity index (χ0n) is 16.8. The van der Waals surface area contributed by atoms with Crippen molar-refractivity contribution in [3.63, 3.8) is 0 Å². The number of nitrogens with zero attached hydrogens (tertiary/aromatic N) is 2. The molecule has 0 spiro atoms. The van der Waals surface area contributed by atoms with E-state index in [4.69, 9.17) is 4.74 Å². The summed E-state index contributed by atoms with van der Waals surface area (Å²) in [5.41, 5.74) is 1.68. The first-order chi connectivity index (χ1) is 14.3. The Labute approximate surface area is 177 Å². The third-order valence-corrected chi connectivity index (χ3v) is 6.85. The lowest BCUT2D eigenvalue weighted by Gasteiger charge is -2.39. The van der Waals surface area contributed by atoms with Crippen LogP contribution in [0.25, 0.3) is 0 Å². The van der Waals surface area contributed by atoms with E-state index in [1.165, 1.54) is 24.3 Å². The summed E-state index contributed by atoms with van der Waals surface area (Å²) >= 11 is 2.09. The van der Waals surface area contributed by atoms with Gasteiger partial charge in [-0.25, -0.2) is 0 Å². The van der Waals surface area contributed by atoms with Crippen molar-refractivity contribution >= 4 is 17.7 Å². The number of carbonyl (C=O) groups excluding carboxylic acids is 1. The first-order valence-corrected chi connectivity index (χ1v) is 11.7. The minimum Gasteiger partial charge on any atom is -0.490 e. The van der Waals surface area contributed by atoms with Crippen LogP contribution in [-0.2, 0) is 6.54 Å². The molecule has 5 nitrogen and oxygen atoms in total. The molecule has 0 atom stereocenters. The largest absolute Gasteiger partial charge is 0.490 e. The van der Waals surface area contributed by atoms with E-state index >= 15 is 0 Å². The van der Waals surface area contributed by atoms with E-state index in [1.807, 2.05) is 36.4 Å². The SMILES string of the molecule is O=C(NCc1ccncc1)c1ccc(OC2CCN(C3CCSCC3)CC2)cc1. The number of hydrogen-bond acceptors (Lipinski definition) is 5. The quantitative estimate of drug-likeness (QED) is 0.785. The van der Waals surface area contributed by atoms with Crippen molar-refractivity contribution in [2.75, 3.05) is 24.6 Å². The number of rotatable bonds is 6. The van der Waals surface area contributed by atoms with Crippen molar-refractivity contribution in [3.8, 4) is 5.75 Å². The van der Waals surface area contributed by atoms with Gasteiger partial charge in [0.1, 0.15) is 11.9 Å². The summed E-state index contributed by atoms with van der Waals surface area (Å²) in [4.78, 5) is 19.0. The van der Waals surface area contributed by atoms with Crippen molar-refractivity contribution in [2.24, 2.45) is 0 Å². The maximum atomic E-state index is 12.3. The van der Waals surface area contributed by atoms with Gasteiger partial charge in [-0.05, 0) is 79.2 Å². The van der Waals surface area contributed by atoms with Gasteiger partial charge in [-0.2, -0.15) is 11.8 Å². The van der Waals surface area contributed by atoms with Gasteiger partial charge in [0.05, 0.1) is 0 Å². The third-order valence-electron chi connectivity index (χ3n) is 5.81. The predicted molar refractivity (Wildman–Crippen MR) is 117 cm³/mol. The number of pyridine rings is 1. The molecule has 29 heavy (non-hydrogen) atoms. The fraction of sp³-hybridized carbons (Fsp3) is 0.478. The second-order valence-electron chi connectivity index (χ2n) is 7.76. The molecule has 3 heterocycles. The van der Waals surface area contributed by atoms with E-state index < -0.39 is 0 Å². The number of likely N-dealkylation sites (tertiary alicyclic amines) is 1. The van der Waals surface area contributed by atoms with E-state index in [0.29, 0.717) is 12.1 Å². The first-order valence-electron chi connectivity index (χ1n) is 10.5. The second kappa shape index (κ2) is 10.1. The summed E-state index contributed by atoms with van der Waals surface area (Å²) in [6.07, 6.45) is 8.56. The number of hydrogen-bond donors (Lipinski definition) is 1. The molecule has 2 aliphatic heterocycles. The Balaban J connectivity index is 1.23. The lowest BCUT2D eigenvalue weighted by molar-refractivity contribution is 0.0725. The van der Waals surface area contributed by atoms with Gasteiger partial charge in [0, 0.05) is 43.6 Å². The van der Waals surface area contributed by atoms with Crippen LogP contribution in [0.2, 0.25) is 0 Å². The lowest BCUT2D eigenvalue weighted by Crippen LogP contribution is -2.45. The number of ether oxygens (including phenoxy) is 1. The molecule has 6 heteroatoms. The Kier molecular flexibility index (Phi) is 7.06. The fourth-order valence-electron chi connectivity index (χ4n) is 4.07. The van der Waals surface area contributed by atoms with Crippen molar-refractivity contribution in [3.05, 3.63) is 59.9 Å². The highest BCUT2D eigenvalue weighted by Gasteiger charge is 2.27. The topological polar surface area (TPSA) is 54.5 Å². The molecule has 1 N–H and O–H groups in total. The molecule has 0 unspecified atom stereocenters. The molecule has 0 aliphatic carbocycles. The van der Waals surface area contributed by atoms with Gasteiger partial charge in [0.15, 0.2) is 0 Å². The molecule has 0 radical (unpaired) electrons. The molecular weight excluding hydrogens is 382 g/mol. The first kappa shape index (κ1) is 20.2. The average molecular weight is 412 g/mol. The highest BCUT2D eigenvalue weighted by molar-refractivity contribution is 7.99. The predicted octanol–water partition coefficient (Wildman–Crippen LogP) is 3.75. The Morgan fingerprint density at radius 3 is 2.41 bits per heavy atom. The van der Waals surface area contributed by atoms with Gasteiger partial charge in [0.2, 0.25) is 0 Å². The van der Waals surface area contributed by atoms with E-state index in [0.717, 1.165) is 43.3 Å². The van der Waals surface area contributed by atoms with Crippen LogP contribution in [0.4, 0.5) is 0 Å². The Morgan fingerprint density at radius 2 is 1.72 bits per heavy atom. The fourth-order valence-corrected chi connectivity index (χ4v) is 5.15. The van der Waals surface area contributed by atoms with Crippen LogP contribution in [0.3, 0.4) is 0 Å². The zero-order valence-corrected chi connectivity index (χ0v) is 17.6. The highest BCUT2D eigenvalue weighted by Crippen LogP contribution is 2.26. The summed E-state index contributed by atoms with van der Waals surface area (Å²) < 4.78 is 6.19. The van der Waals surface area contributed by atoms with Crippen LogP contribution in [0, 0.1) is 0 Å². The van der Waals surface area contributed by atoms with Crippen molar-refractivity contribution < 1.29 is 9.53 Å². The van der Waals surface area contributed by atoms with Crippen molar-refractivity contribution in [1.29, 1.82) is 0 Å². The van der Waals surface area contributed by atoms with Gasteiger partial charge in [-0.15, -0.1) is 0 Å². The van der Waals surface area contributed by atoms with E-state index in [-0.39, 0.29) is 12.0 Å². The van der Waals surface area contributed by atoms with Gasteiger partial charge >= 0.3 is 0 Å². The number of carbonyl (C=O) groups is 1. The number of thioether (sulfide) groups is 1. The van der Waals surface area contributed by atoms with Crippen LogP contribution < -0.4 is 10.1 Å². The summed E-state index contributed by atoms with van der Waals surface area (Å²) in [7, 11) is 0. The maximum Gasteiger partial charge on any atom is 0.251 e. The zero-order chi connectivity index (χ0) is 19.9. The van der Waals surface area contributed by atoms with E-state index in [9.17, 15) is 4.79 Å². The smallest absolute Gasteiger partial charge is 0.251 e. The van der Waals surface area contributed by atoms with Crippen LogP contribution in [0.5, 0.6) is 5.75 Å². The second-order valence-corrected chi connectivity index (χ2v) is 8.98. The maximum absolute atomic E-state index is 12.3. The molecule has 4 rings (SSSR count). The number of nitrogens with one attached hydrogen (secondary N) is 1. The molecule has 2 aromatic rings. The number of piperidine rings is 1. The van der Waals surface area contributed by atoms with Crippen LogP contribution in [0.15, 0.2) is 48.8 Å². The van der Waals surface area contributed by atoms with Crippen molar-refractivity contribution in [1.82, 2.24) is 15.2 Å². The molecule has 154 valence electrons. The Hall–Kier alpha value is -2.05. The standard InChI is InChI=1S/C23H29N3O2S/c27-23(25-17-18-5-11-24-12-6-18)19-1-3-21(4-2-19)28-22-7-13-26(14-8-22)20-9-15-29-16-10-20/h1-6,11-12,20,22H,7-10,13-17H2,(H,25,27). The summed E-state index contributed by atoms with van der Waals surface area (Å²) in [6.45, 7) is 2.77. The third kappa shape index (κ3) is 5.73. The molecule has 1 aromatic heterocycles. The van der Waals surface area contributed by atoms with E-state index in [2.05, 4.69) is 27.0 Å². The molecule has 1 aromatic carbocycles. The van der Waals surface area contributed by atoms with Crippen LogP contribution >= 0.6 is 11.8 Å². The Morgan fingerprint density at radius 1 is 1.03 bits per heavy atom. The summed E-state index contributed by atoms with van der Waals surface area (Å²) in [5.74, 6) is 3.39. The number of aromatic nitrogens is 1. The highest BCUT2D eigenvalue weighted by atomic mass is 32.2. The molecule has 0 bridgehead atoms. The van der Waals surface area contributed by atoms with Gasteiger partial charge < -0.3 is 15.0 Å². The van der Waals surface area contributed by atoms with E-state index in [1.54, 1.807) is 12.4 Å². The van der Waals surface area contributed by atoms with Crippen LogP contribution in [0.1, 0.15) is 41.6 Å². The monoisotopic (exact) mass is 411 g/mol. The van der Waals surface area contributed by atoms with Gasteiger partial charge in [-0.1, -0.05) is 0 Å². The minimum atomic E-state index is -0.0766. The number of amides is 1. The number of benzene rings is 1. The summed E-state index contributed by atoms with van der Waals surface area (Å²) in [5, 5.41) is 2.94. The Bertz CT molecular complexity index is 770. The van der Waals surface area contributed by atoms with Crippen LogP contribution in [-0.4, -0.2) is 52.5 Å². The molecule has 2 aliphatic rings. The molecule has 0 saturated carbocycles. The van der Waals surface area contributed by atoms with Gasteiger partial charge in [0.25, 0.3) is 5.91 Å². The van der Waals surface area contributed by atoms with Gasteiger partial charge in [-0.3, -0.25) is 9.78 Å². The molecule has 2 saturated heterocycles. The summed E-state index contributed by atoms with van der Waals surface area (Å²) in [6, 6.07) is 12.1. The molecular formula is C23H29N3O2S. The molecule has 2 fully saturated rings. The normalized spacial score (nSPS) is 19.0. The molecule has 1 amide bonds. The minimum absolute atomic E-state index is 0.0766. The van der Waals surface area contributed by atoms with Crippen molar-refractivity contribution in [2.45, 2.75) is 44.4 Å². The average Bonchev–Trinajstić information content (AvgIpc) is 2.80.